The van der Waals surface area contributed by atoms with Gasteiger partial charge in [-0.1, -0.05) is 37.3 Å². The normalized spacial score (nSPS) is 18.2. The van der Waals surface area contributed by atoms with Crippen molar-refractivity contribution in [2.75, 3.05) is 25.4 Å². The van der Waals surface area contributed by atoms with Gasteiger partial charge in [0.2, 0.25) is 15.9 Å². The first-order valence-corrected chi connectivity index (χ1v) is 10.4. The molecule has 1 fully saturated rings. The summed E-state index contributed by atoms with van der Waals surface area (Å²) in [4.78, 5) is 12.4. The number of hydrogen-bond donors (Lipinski definition) is 1. The Kier molecular flexibility index (Phi) is 6.80. The zero-order valence-electron chi connectivity index (χ0n) is 14.6. The van der Waals surface area contributed by atoms with Crippen LogP contribution in [-0.2, 0) is 14.8 Å². The second-order valence-corrected chi connectivity index (χ2v) is 8.59. The third-order valence-electron chi connectivity index (χ3n) is 4.87. The number of nitrogens with zero attached hydrogens (tertiary/aromatic N) is 1. The van der Waals surface area contributed by atoms with Crippen molar-refractivity contribution in [3.05, 3.63) is 35.9 Å². The topological polar surface area (TPSA) is 66.5 Å². The highest BCUT2D eigenvalue weighted by Crippen LogP contribution is 2.21. The maximum atomic E-state index is 12.4. The molecule has 5 nitrogen and oxygen atoms in total. The van der Waals surface area contributed by atoms with E-state index in [1.54, 1.807) is 6.92 Å². The van der Waals surface area contributed by atoms with E-state index in [1.165, 1.54) is 9.87 Å². The molecule has 1 aliphatic heterocycles. The van der Waals surface area contributed by atoms with Gasteiger partial charge in [-0.05, 0) is 31.7 Å². The van der Waals surface area contributed by atoms with Crippen LogP contribution in [-0.4, -0.2) is 44.0 Å². The molecule has 1 saturated heterocycles. The van der Waals surface area contributed by atoms with Crippen LogP contribution in [0.25, 0.3) is 0 Å². The molecule has 1 heterocycles. The first kappa shape index (κ1) is 18.9. The molecule has 1 atom stereocenters. The maximum absolute atomic E-state index is 12.4. The van der Waals surface area contributed by atoms with Crippen molar-refractivity contribution in [3.63, 3.8) is 0 Å². The van der Waals surface area contributed by atoms with Gasteiger partial charge in [0.05, 0.1) is 5.75 Å². The number of carbonyl (C=O) groups is 1. The highest BCUT2D eigenvalue weighted by atomic mass is 32.2. The molecule has 1 aliphatic rings. The zero-order chi connectivity index (χ0) is 17.6. The Balaban J connectivity index is 1.83. The number of rotatable bonds is 7. The molecule has 1 N–H and O–H groups in total. The number of piperidine rings is 1. The third-order valence-corrected chi connectivity index (χ3v) is 6.75. The average molecular weight is 353 g/mol. The molecule has 2 rings (SSSR count). The van der Waals surface area contributed by atoms with Gasteiger partial charge in [0, 0.05) is 31.5 Å². The Bertz CT molecular complexity index is 623. The fourth-order valence-electron chi connectivity index (χ4n) is 3.17. The fraction of sp³-hybridized carbons (Fsp3) is 0.611. The van der Waals surface area contributed by atoms with Gasteiger partial charge in [-0.25, -0.2) is 12.7 Å². The van der Waals surface area contributed by atoms with Gasteiger partial charge >= 0.3 is 0 Å². The van der Waals surface area contributed by atoms with Crippen LogP contribution in [0.2, 0.25) is 0 Å². The SMILES string of the molecule is CC[C@@H](CNC(=O)C1CCN(S(=O)(=O)CC)CC1)c1ccccc1. The van der Waals surface area contributed by atoms with E-state index in [9.17, 15) is 13.2 Å². The molecule has 0 unspecified atom stereocenters. The quantitative estimate of drug-likeness (QED) is 0.819. The summed E-state index contributed by atoms with van der Waals surface area (Å²) in [5, 5.41) is 3.06. The van der Waals surface area contributed by atoms with E-state index in [0.29, 0.717) is 38.4 Å². The molecule has 0 radical (unpaired) electrons. The summed E-state index contributed by atoms with van der Waals surface area (Å²) in [5.41, 5.74) is 1.24. The van der Waals surface area contributed by atoms with E-state index >= 15 is 0 Å². The molecule has 0 spiro atoms. The van der Waals surface area contributed by atoms with Crippen LogP contribution >= 0.6 is 0 Å². The minimum absolute atomic E-state index is 0.0536. The molecule has 1 aromatic rings. The Morgan fingerprint density at radius 3 is 2.38 bits per heavy atom. The van der Waals surface area contributed by atoms with Crippen LogP contribution in [0, 0.1) is 5.92 Å². The molecule has 134 valence electrons. The molecule has 24 heavy (non-hydrogen) atoms. The predicted molar refractivity (Wildman–Crippen MR) is 96.2 cm³/mol. The van der Waals surface area contributed by atoms with Crippen LogP contribution < -0.4 is 5.32 Å². The highest BCUT2D eigenvalue weighted by Gasteiger charge is 2.30. The van der Waals surface area contributed by atoms with Gasteiger partial charge in [-0.15, -0.1) is 0 Å². The molecule has 1 amide bonds. The standard InChI is InChI=1S/C18H28N2O3S/c1-3-15(16-8-6-5-7-9-16)14-19-18(21)17-10-12-20(13-11-17)24(22,23)4-2/h5-9,15,17H,3-4,10-14H2,1-2H3,(H,19,21)/t15-/m0/s1. The molecule has 0 aliphatic carbocycles. The van der Waals surface area contributed by atoms with Crippen LogP contribution in [0.4, 0.5) is 0 Å². The minimum atomic E-state index is -3.13. The summed E-state index contributed by atoms with van der Waals surface area (Å²) in [6.07, 6.45) is 2.18. The van der Waals surface area contributed by atoms with Crippen molar-refractivity contribution in [2.45, 2.75) is 39.0 Å². The van der Waals surface area contributed by atoms with Crippen molar-refractivity contribution in [2.24, 2.45) is 5.92 Å². The monoisotopic (exact) mass is 352 g/mol. The van der Waals surface area contributed by atoms with Crippen molar-refractivity contribution in [3.8, 4) is 0 Å². The minimum Gasteiger partial charge on any atom is -0.355 e. The van der Waals surface area contributed by atoms with Gasteiger partial charge in [0.25, 0.3) is 0 Å². The lowest BCUT2D eigenvalue weighted by Crippen LogP contribution is -2.44. The molecule has 1 aromatic carbocycles. The first-order chi connectivity index (χ1) is 11.5. The fourth-order valence-corrected chi connectivity index (χ4v) is 4.30. The summed E-state index contributed by atoms with van der Waals surface area (Å²) >= 11 is 0. The number of nitrogens with one attached hydrogen (secondary N) is 1. The number of amides is 1. The predicted octanol–water partition coefficient (Wildman–Crippen LogP) is 2.36. The van der Waals surface area contributed by atoms with E-state index in [0.717, 1.165) is 6.42 Å². The Morgan fingerprint density at radius 1 is 1.21 bits per heavy atom. The largest absolute Gasteiger partial charge is 0.355 e. The summed E-state index contributed by atoms with van der Waals surface area (Å²) in [7, 11) is -3.13. The van der Waals surface area contributed by atoms with Crippen molar-refractivity contribution >= 4 is 15.9 Å². The molecule has 0 saturated carbocycles. The van der Waals surface area contributed by atoms with E-state index in [-0.39, 0.29) is 17.6 Å². The van der Waals surface area contributed by atoms with Gasteiger partial charge in [0.1, 0.15) is 0 Å². The number of sulfonamides is 1. The Hall–Kier alpha value is -1.40. The third kappa shape index (κ3) is 4.80. The lowest BCUT2D eigenvalue weighted by Gasteiger charge is -2.30. The van der Waals surface area contributed by atoms with Gasteiger partial charge in [-0.2, -0.15) is 0 Å². The summed E-state index contributed by atoms with van der Waals surface area (Å²) in [5.74, 6) is 0.411. The second-order valence-electron chi connectivity index (χ2n) is 6.33. The molecular weight excluding hydrogens is 324 g/mol. The Labute approximate surface area is 145 Å². The molecule has 0 bridgehead atoms. The lowest BCUT2D eigenvalue weighted by molar-refractivity contribution is -0.126. The summed E-state index contributed by atoms with van der Waals surface area (Å²) in [6.45, 7) is 5.31. The van der Waals surface area contributed by atoms with Crippen LogP contribution in [0.15, 0.2) is 30.3 Å². The summed E-state index contributed by atoms with van der Waals surface area (Å²) < 4.78 is 25.2. The van der Waals surface area contributed by atoms with E-state index in [4.69, 9.17) is 0 Å². The smallest absolute Gasteiger partial charge is 0.223 e. The van der Waals surface area contributed by atoms with Crippen molar-refractivity contribution < 1.29 is 13.2 Å². The van der Waals surface area contributed by atoms with E-state index < -0.39 is 10.0 Å². The van der Waals surface area contributed by atoms with Crippen molar-refractivity contribution in [1.82, 2.24) is 9.62 Å². The van der Waals surface area contributed by atoms with Gasteiger partial charge in [-0.3, -0.25) is 4.79 Å². The van der Waals surface area contributed by atoms with Crippen LogP contribution in [0.3, 0.4) is 0 Å². The average Bonchev–Trinajstić information content (AvgIpc) is 2.63. The zero-order valence-corrected chi connectivity index (χ0v) is 15.4. The number of carbonyl (C=O) groups excluding carboxylic acids is 1. The number of benzene rings is 1. The van der Waals surface area contributed by atoms with Crippen molar-refractivity contribution in [1.29, 1.82) is 0 Å². The van der Waals surface area contributed by atoms with E-state index in [1.807, 2.05) is 18.2 Å². The van der Waals surface area contributed by atoms with Gasteiger partial charge in [0.15, 0.2) is 0 Å². The second kappa shape index (κ2) is 8.62. The van der Waals surface area contributed by atoms with Crippen LogP contribution in [0.5, 0.6) is 0 Å². The van der Waals surface area contributed by atoms with Gasteiger partial charge < -0.3 is 5.32 Å². The van der Waals surface area contributed by atoms with E-state index in [2.05, 4.69) is 24.4 Å². The molecule has 6 heteroatoms. The highest BCUT2D eigenvalue weighted by molar-refractivity contribution is 7.89. The number of hydrogen-bond acceptors (Lipinski definition) is 3. The lowest BCUT2D eigenvalue weighted by atomic mass is 9.94. The van der Waals surface area contributed by atoms with Crippen LogP contribution in [0.1, 0.15) is 44.6 Å². The maximum Gasteiger partial charge on any atom is 0.223 e. The Morgan fingerprint density at radius 2 is 1.83 bits per heavy atom. The molecule has 0 aromatic heterocycles. The summed E-state index contributed by atoms with van der Waals surface area (Å²) in [6, 6.07) is 10.2. The first-order valence-electron chi connectivity index (χ1n) is 8.78. The molecular formula is C18H28N2O3S.